The molecule has 2 aromatic rings. The lowest BCUT2D eigenvalue weighted by molar-refractivity contribution is 0.232. The number of benzene rings is 1. The van der Waals surface area contributed by atoms with Crippen LogP contribution in [0.4, 0.5) is 4.79 Å². The van der Waals surface area contributed by atoms with Crippen LogP contribution < -0.4 is 10.6 Å². The molecule has 26 heavy (non-hydrogen) atoms. The van der Waals surface area contributed by atoms with E-state index in [1.807, 2.05) is 11.4 Å². The van der Waals surface area contributed by atoms with Gasteiger partial charge in [0.15, 0.2) is 9.84 Å². The molecule has 2 N–H and O–H groups in total. The summed E-state index contributed by atoms with van der Waals surface area (Å²) in [7, 11) is -3.58. The number of carbonyl (C=O) groups is 1. The summed E-state index contributed by atoms with van der Waals surface area (Å²) in [4.78, 5) is 13.2. The standard InChI is InChI=1S/C19H24N2O3S2/c22-19(21-15-8-3-1-4-9-15)20-14-18(17-12-7-13-25-17)26(23,24)16-10-5-2-6-11-16/h2,5-7,10-13,15,18H,1,3-4,8-9,14H2,(H2,20,21,22). The Hall–Kier alpha value is -1.86. The Kier molecular flexibility index (Phi) is 6.32. The summed E-state index contributed by atoms with van der Waals surface area (Å²) in [6, 6.07) is 11.9. The number of nitrogens with one attached hydrogen (secondary N) is 2. The molecule has 1 fully saturated rings. The van der Waals surface area contributed by atoms with Crippen LogP contribution >= 0.6 is 11.3 Å². The predicted molar refractivity (Wildman–Crippen MR) is 104 cm³/mol. The molecule has 0 bridgehead atoms. The average Bonchev–Trinajstić information content (AvgIpc) is 3.17. The number of sulfone groups is 1. The highest BCUT2D eigenvalue weighted by Crippen LogP contribution is 2.31. The molecule has 140 valence electrons. The van der Waals surface area contributed by atoms with Crippen LogP contribution in [-0.2, 0) is 9.84 Å². The van der Waals surface area contributed by atoms with E-state index in [4.69, 9.17) is 0 Å². The molecule has 1 aromatic carbocycles. The van der Waals surface area contributed by atoms with Crippen molar-refractivity contribution in [3.8, 4) is 0 Å². The molecule has 3 rings (SSSR count). The van der Waals surface area contributed by atoms with E-state index >= 15 is 0 Å². The van der Waals surface area contributed by atoms with Gasteiger partial charge in [-0.15, -0.1) is 11.3 Å². The molecular formula is C19H24N2O3S2. The Morgan fingerprint density at radius 1 is 1.08 bits per heavy atom. The summed E-state index contributed by atoms with van der Waals surface area (Å²) < 4.78 is 26.1. The van der Waals surface area contributed by atoms with Gasteiger partial charge in [-0.3, -0.25) is 0 Å². The fourth-order valence-corrected chi connectivity index (χ4v) is 6.09. The third-order valence-electron chi connectivity index (χ3n) is 4.70. The molecule has 0 aliphatic heterocycles. The highest BCUT2D eigenvalue weighted by atomic mass is 32.2. The molecule has 1 atom stereocenters. The van der Waals surface area contributed by atoms with Crippen LogP contribution in [0.5, 0.6) is 0 Å². The highest BCUT2D eigenvalue weighted by molar-refractivity contribution is 7.91. The van der Waals surface area contributed by atoms with Crippen molar-refractivity contribution in [1.82, 2.24) is 10.6 Å². The molecule has 1 aliphatic carbocycles. The minimum Gasteiger partial charge on any atom is -0.336 e. The first kappa shape index (κ1) is 18.9. The van der Waals surface area contributed by atoms with E-state index < -0.39 is 15.1 Å². The van der Waals surface area contributed by atoms with Crippen molar-refractivity contribution < 1.29 is 13.2 Å². The normalized spacial score (nSPS) is 16.8. The highest BCUT2D eigenvalue weighted by Gasteiger charge is 2.30. The maximum atomic E-state index is 13.1. The van der Waals surface area contributed by atoms with Gasteiger partial charge >= 0.3 is 6.03 Å². The van der Waals surface area contributed by atoms with Crippen LogP contribution in [0, 0.1) is 0 Å². The Labute approximate surface area is 158 Å². The van der Waals surface area contributed by atoms with Crippen molar-refractivity contribution in [2.75, 3.05) is 6.54 Å². The van der Waals surface area contributed by atoms with E-state index in [1.54, 1.807) is 36.4 Å². The van der Waals surface area contributed by atoms with Gasteiger partial charge in [0.05, 0.1) is 4.90 Å². The number of amides is 2. The summed E-state index contributed by atoms with van der Waals surface area (Å²) in [6.45, 7) is 0.0519. The first-order valence-electron chi connectivity index (χ1n) is 8.94. The fourth-order valence-electron chi connectivity index (χ4n) is 3.28. The zero-order valence-electron chi connectivity index (χ0n) is 14.6. The van der Waals surface area contributed by atoms with Crippen molar-refractivity contribution >= 4 is 27.2 Å². The first-order chi connectivity index (χ1) is 12.6. The summed E-state index contributed by atoms with van der Waals surface area (Å²) in [5.74, 6) is 0. The molecule has 1 aliphatic rings. The van der Waals surface area contributed by atoms with Crippen molar-refractivity contribution in [1.29, 1.82) is 0 Å². The van der Waals surface area contributed by atoms with Gasteiger partial charge in [0, 0.05) is 17.5 Å². The molecule has 5 nitrogen and oxygen atoms in total. The lowest BCUT2D eigenvalue weighted by Crippen LogP contribution is -2.44. The Morgan fingerprint density at radius 3 is 2.46 bits per heavy atom. The topological polar surface area (TPSA) is 75.3 Å². The number of urea groups is 1. The molecule has 0 spiro atoms. The van der Waals surface area contributed by atoms with E-state index in [2.05, 4.69) is 10.6 Å². The van der Waals surface area contributed by atoms with E-state index in [0.717, 1.165) is 30.6 Å². The predicted octanol–water partition coefficient (Wildman–Crippen LogP) is 3.90. The SMILES string of the molecule is O=C(NCC(c1cccs1)S(=O)(=O)c1ccccc1)NC1CCCCC1. The lowest BCUT2D eigenvalue weighted by Gasteiger charge is -2.24. The molecule has 1 saturated carbocycles. The Balaban J connectivity index is 1.70. The maximum absolute atomic E-state index is 13.1. The van der Waals surface area contributed by atoms with Crippen molar-refractivity contribution in [2.24, 2.45) is 0 Å². The van der Waals surface area contributed by atoms with Gasteiger partial charge in [0.25, 0.3) is 0 Å². The van der Waals surface area contributed by atoms with Crippen LogP contribution in [-0.4, -0.2) is 27.0 Å². The third-order valence-corrected chi connectivity index (χ3v) is 7.93. The minimum absolute atomic E-state index is 0.0519. The quantitative estimate of drug-likeness (QED) is 0.783. The van der Waals surface area contributed by atoms with E-state index in [0.29, 0.717) is 0 Å². The van der Waals surface area contributed by atoms with Gasteiger partial charge in [0.2, 0.25) is 0 Å². The molecule has 0 radical (unpaired) electrons. The van der Waals surface area contributed by atoms with Crippen LogP contribution in [0.25, 0.3) is 0 Å². The van der Waals surface area contributed by atoms with Gasteiger partial charge in [-0.25, -0.2) is 13.2 Å². The fraction of sp³-hybridized carbons (Fsp3) is 0.421. The molecule has 1 aromatic heterocycles. The summed E-state index contributed by atoms with van der Waals surface area (Å²) in [5.41, 5.74) is 0. The van der Waals surface area contributed by atoms with E-state index in [1.165, 1.54) is 17.8 Å². The molecule has 7 heteroatoms. The Bertz CT molecular complexity index is 799. The number of thiophene rings is 1. The van der Waals surface area contributed by atoms with E-state index in [9.17, 15) is 13.2 Å². The van der Waals surface area contributed by atoms with Crippen molar-refractivity contribution in [3.63, 3.8) is 0 Å². The molecule has 1 heterocycles. The molecule has 1 unspecified atom stereocenters. The molecular weight excluding hydrogens is 368 g/mol. The average molecular weight is 393 g/mol. The number of hydrogen-bond acceptors (Lipinski definition) is 4. The number of carbonyl (C=O) groups excluding carboxylic acids is 1. The second kappa shape index (κ2) is 8.68. The van der Waals surface area contributed by atoms with E-state index in [-0.39, 0.29) is 23.5 Å². The Morgan fingerprint density at radius 2 is 1.81 bits per heavy atom. The maximum Gasteiger partial charge on any atom is 0.315 e. The van der Waals surface area contributed by atoms with Crippen LogP contribution in [0.2, 0.25) is 0 Å². The monoisotopic (exact) mass is 392 g/mol. The van der Waals surface area contributed by atoms with Gasteiger partial charge in [-0.2, -0.15) is 0 Å². The largest absolute Gasteiger partial charge is 0.336 e. The van der Waals surface area contributed by atoms with Crippen LogP contribution in [0.15, 0.2) is 52.7 Å². The molecule has 2 amide bonds. The number of hydrogen-bond donors (Lipinski definition) is 2. The van der Waals surface area contributed by atoms with Crippen molar-refractivity contribution in [2.45, 2.75) is 48.3 Å². The minimum atomic E-state index is -3.58. The summed E-state index contributed by atoms with van der Waals surface area (Å²) in [5, 5.41) is 6.80. The van der Waals surface area contributed by atoms with Gasteiger partial charge in [-0.1, -0.05) is 43.5 Å². The van der Waals surface area contributed by atoms with Crippen LogP contribution in [0.3, 0.4) is 0 Å². The van der Waals surface area contributed by atoms with Crippen molar-refractivity contribution in [3.05, 3.63) is 52.7 Å². The second-order valence-corrected chi connectivity index (χ2v) is 9.66. The number of rotatable bonds is 6. The molecule has 0 saturated heterocycles. The second-order valence-electron chi connectivity index (χ2n) is 6.55. The summed E-state index contributed by atoms with van der Waals surface area (Å²) >= 11 is 1.39. The smallest absolute Gasteiger partial charge is 0.315 e. The summed E-state index contributed by atoms with van der Waals surface area (Å²) in [6.07, 6.45) is 5.46. The lowest BCUT2D eigenvalue weighted by atomic mass is 9.96. The zero-order valence-corrected chi connectivity index (χ0v) is 16.2. The van der Waals surface area contributed by atoms with Gasteiger partial charge in [-0.05, 0) is 36.4 Å². The third kappa shape index (κ3) is 4.65. The first-order valence-corrected chi connectivity index (χ1v) is 11.4. The zero-order chi connectivity index (χ0) is 18.4. The van der Waals surface area contributed by atoms with Crippen LogP contribution in [0.1, 0.15) is 42.2 Å². The van der Waals surface area contributed by atoms with Gasteiger partial charge in [0.1, 0.15) is 5.25 Å². The van der Waals surface area contributed by atoms with Gasteiger partial charge < -0.3 is 10.6 Å².